The predicted molar refractivity (Wildman–Crippen MR) is 59.3 cm³/mol. The van der Waals surface area contributed by atoms with Crippen molar-refractivity contribution in [2.75, 3.05) is 0 Å². The second-order valence-corrected chi connectivity index (χ2v) is 4.84. The number of hydrogen-bond acceptors (Lipinski definition) is 1. The highest BCUT2D eigenvalue weighted by atomic mass is 32.1. The Labute approximate surface area is 81.5 Å². The molecule has 1 heteroatoms. The van der Waals surface area contributed by atoms with Crippen LogP contribution in [0.2, 0.25) is 0 Å². The van der Waals surface area contributed by atoms with E-state index in [1.54, 1.807) is 0 Å². The van der Waals surface area contributed by atoms with E-state index in [9.17, 15) is 0 Å². The van der Waals surface area contributed by atoms with Crippen molar-refractivity contribution in [3.05, 3.63) is 40.3 Å². The van der Waals surface area contributed by atoms with E-state index in [4.69, 9.17) is 0 Å². The van der Waals surface area contributed by atoms with E-state index < -0.39 is 0 Å². The molecule has 1 aliphatic carbocycles. The van der Waals surface area contributed by atoms with Crippen LogP contribution in [-0.4, -0.2) is 0 Å². The van der Waals surface area contributed by atoms with Crippen molar-refractivity contribution >= 4 is 27.5 Å². The van der Waals surface area contributed by atoms with Crippen LogP contribution in [0.25, 0.3) is 16.2 Å². The summed E-state index contributed by atoms with van der Waals surface area (Å²) in [6.45, 7) is 2.17. The molecule has 3 rings (SSSR count). The highest BCUT2D eigenvalue weighted by molar-refractivity contribution is 7.19. The van der Waals surface area contributed by atoms with Crippen LogP contribution in [0.5, 0.6) is 0 Å². The molecule has 0 unspecified atom stereocenters. The summed E-state index contributed by atoms with van der Waals surface area (Å²) >= 11 is 1.89. The molecule has 0 saturated heterocycles. The van der Waals surface area contributed by atoms with Gasteiger partial charge in [0.15, 0.2) is 0 Å². The highest BCUT2D eigenvalue weighted by Crippen LogP contribution is 2.31. The van der Waals surface area contributed by atoms with Gasteiger partial charge in [-0.25, -0.2) is 0 Å². The summed E-state index contributed by atoms with van der Waals surface area (Å²) in [5.74, 6) is 0. The molecule has 0 amide bonds. The fourth-order valence-corrected chi connectivity index (χ4v) is 2.89. The predicted octanol–water partition coefficient (Wildman–Crippen LogP) is 3.78. The number of hydrogen-bond donors (Lipinski definition) is 0. The SMILES string of the molecule is Cc1cc2cc3c(cc2s1)CC=C3. The molecule has 0 spiro atoms. The third-order valence-corrected chi connectivity index (χ3v) is 3.55. The van der Waals surface area contributed by atoms with Crippen molar-refractivity contribution in [2.45, 2.75) is 13.3 Å². The van der Waals surface area contributed by atoms with Crippen LogP contribution in [-0.2, 0) is 6.42 Å². The fraction of sp³-hybridized carbons (Fsp3) is 0.167. The summed E-state index contributed by atoms with van der Waals surface area (Å²) in [7, 11) is 0. The van der Waals surface area contributed by atoms with Gasteiger partial charge in [-0.1, -0.05) is 12.2 Å². The molecule has 0 fully saturated rings. The van der Waals surface area contributed by atoms with Gasteiger partial charge in [0.1, 0.15) is 0 Å². The lowest BCUT2D eigenvalue weighted by molar-refractivity contribution is 1.33. The maximum atomic E-state index is 2.34. The van der Waals surface area contributed by atoms with Crippen LogP contribution in [0.1, 0.15) is 16.0 Å². The Bertz CT molecular complexity index is 503. The van der Waals surface area contributed by atoms with E-state index in [0.29, 0.717) is 0 Å². The zero-order valence-electron chi connectivity index (χ0n) is 7.50. The molecule has 1 heterocycles. The first kappa shape index (κ1) is 7.34. The Morgan fingerprint density at radius 2 is 2.15 bits per heavy atom. The van der Waals surface area contributed by atoms with Gasteiger partial charge in [-0.3, -0.25) is 0 Å². The topological polar surface area (TPSA) is 0 Å². The number of aryl methyl sites for hydroxylation is 1. The van der Waals surface area contributed by atoms with Crippen LogP contribution in [0.4, 0.5) is 0 Å². The molecule has 64 valence electrons. The first-order valence-electron chi connectivity index (χ1n) is 4.52. The van der Waals surface area contributed by atoms with Gasteiger partial charge in [0, 0.05) is 9.58 Å². The highest BCUT2D eigenvalue weighted by Gasteiger charge is 2.07. The number of rotatable bonds is 0. The largest absolute Gasteiger partial charge is 0.141 e. The number of thiophene rings is 1. The maximum absolute atomic E-state index is 2.34. The lowest BCUT2D eigenvalue weighted by atomic mass is 10.1. The Hall–Kier alpha value is -1.08. The second-order valence-electron chi connectivity index (χ2n) is 3.55. The van der Waals surface area contributed by atoms with Crippen LogP contribution >= 0.6 is 11.3 Å². The molecule has 1 aromatic carbocycles. The molecule has 0 bridgehead atoms. The normalized spacial score (nSPS) is 13.9. The van der Waals surface area contributed by atoms with Crippen molar-refractivity contribution in [1.29, 1.82) is 0 Å². The van der Waals surface area contributed by atoms with Crippen LogP contribution in [0.3, 0.4) is 0 Å². The number of benzene rings is 1. The van der Waals surface area contributed by atoms with Crippen molar-refractivity contribution in [1.82, 2.24) is 0 Å². The standard InChI is InChI=1S/C12H10S/c1-8-5-11-6-9-3-2-4-10(9)7-12(11)13-8/h2-3,5-7H,4H2,1H3. The molecule has 0 nitrogen and oxygen atoms in total. The lowest BCUT2D eigenvalue weighted by Crippen LogP contribution is -1.78. The van der Waals surface area contributed by atoms with Gasteiger partial charge in [-0.15, -0.1) is 11.3 Å². The smallest absolute Gasteiger partial charge is 0.0348 e. The Morgan fingerprint density at radius 1 is 1.23 bits per heavy atom. The van der Waals surface area contributed by atoms with Gasteiger partial charge in [0.25, 0.3) is 0 Å². The molecule has 13 heavy (non-hydrogen) atoms. The Balaban J connectivity index is 2.39. The number of allylic oxidation sites excluding steroid dienone is 1. The van der Waals surface area contributed by atoms with Gasteiger partial charge < -0.3 is 0 Å². The molecular weight excluding hydrogens is 176 g/mol. The van der Waals surface area contributed by atoms with E-state index in [2.05, 4.69) is 37.3 Å². The quantitative estimate of drug-likeness (QED) is 0.587. The molecule has 1 aliphatic rings. The number of fused-ring (bicyclic) bond motifs is 2. The molecule has 0 aliphatic heterocycles. The Kier molecular flexibility index (Phi) is 1.39. The fourth-order valence-electron chi connectivity index (χ4n) is 1.92. The first-order valence-corrected chi connectivity index (χ1v) is 5.34. The zero-order chi connectivity index (χ0) is 8.84. The van der Waals surface area contributed by atoms with E-state index in [1.807, 2.05) is 11.3 Å². The average Bonchev–Trinajstić information content (AvgIpc) is 2.63. The van der Waals surface area contributed by atoms with Crippen molar-refractivity contribution < 1.29 is 0 Å². The molecule has 1 aromatic heterocycles. The zero-order valence-corrected chi connectivity index (χ0v) is 8.32. The Morgan fingerprint density at radius 3 is 3.08 bits per heavy atom. The summed E-state index contributed by atoms with van der Waals surface area (Å²) < 4.78 is 1.43. The molecule has 0 N–H and O–H groups in total. The summed E-state index contributed by atoms with van der Waals surface area (Å²) in [5.41, 5.74) is 2.89. The summed E-state index contributed by atoms with van der Waals surface area (Å²) in [6.07, 6.45) is 5.57. The van der Waals surface area contributed by atoms with Gasteiger partial charge >= 0.3 is 0 Å². The average molecular weight is 186 g/mol. The maximum Gasteiger partial charge on any atom is 0.0348 e. The van der Waals surface area contributed by atoms with Crippen molar-refractivity contribution in [2.24, 2.45) is 0 Å². The van der Waals surface area contributed by atoms with Crippen molar-refractivity contribution in [3.63, 3.8) is 0 Å². The second kappa shape index (κ2) is 2.46. The summed E-state index contributed by atoms with van der Waals surface area (Å²) in [4.78, 5) is 1.41. The van der Waals surface area contributed by atoms with E-state index in [1.165, 1.54) is 26.1 Å². The van der Waals surface area contributed by atoms with Crippen LogP contribution in [0, 0.1) is 6.92 Å². The lowest BCUT2D eigenvalue weighted by Gasteiger charge is -1.97. The third kappa shape index (κ3) is 1.04. The minimum atomic E-state index is 1.11. The van der Waals surface area contributed by atoms with Crippen LogP contribution < -0.4 is 0 Å². The van der Waals surface area contributed by atoms with E-state index >= 15 is 0 Å². The monoisotopic (exact) mass is 186 g/mol. The van der Waals surface area contributed by atoms with Gasteiger partial charge in [-0.2, -0.15) is 0 Å². The molecule has 0 atom stereocenters. The minimum Gasteiger partial charge on any atom is -0.141 e. The van der Waals surface area contributed by atoms with Crippen LogP contribution in [0.15, 0.2) is 24.3 Å². The van der Waals surface area contributed by atoms with E-state index in [-0.39, 0.29) is 0 Å². The van der Waals surface area contributed by atoms with Gasteiger partial charge in [0.05, 0.1) is 0 Å². The summed E-state index contributed by atoms with van der Waals surface area (Å²) in [6, 6.07) is 6.91. The van der Waals surface area contributed by atoms with Crippen molar-refractivity contribution in [3.8, 4) is 0 Å². The third-order valence-electron chi connectivity index (χ3n) is 2.54. The van der Waals surface area contributed by atoms with E-state index in [0.717, 1.165) is 6.42 Å². The molecular formula is C12H10S. The van der Waals surface area contributed by atoms with Gasteiger partial charge in [0.2, 0.25) is 0 Å². The molecule has 2 aromatic rings. The first-order chi connectivity index (χ1) is 6.33. The minimum absolute atomic E-state index is 1.11. The summed E-state index contributed by atoms with van der Waals surface area (Å²) in [5, 5.41) is 1.40. The molecule has 0 saturated carbocycles. The van der Waals surface area contributed by atoms with Gasteiger partial charge in [-0.05, 0) is 48.1 Å². The molecule has 0 radical (unpaired) electrons.